The zero-order chi connectivity index (χ0) is 11.5. The van der Waals surface area contributed by atoms with Gasteiger partial charge in [-0.05, 0) is 46.4 Å². The van der Waals surface area contributed by atoms with E-state index in [1.807, 2.05) is 40.8 Å². The lowest BCUT2D eigenvalue weighted by atomic mass is 10.2. The average Bonchev–Trinajstić information content (AvgIpc) is 1.99. The topological polar surface area (TPSA) is 34.2 Å². The molecule has 3 heteroatoms. The van der Waals surface area contributed by atoms with Crippen LogP contribution in [0, 0.1) is 6.92 Å². The van der Waals surface area contributed by atoms with E-state index in [1.165, 1.54) is 5.56 Å². The van der Waals surface area contributed by atoms with Gasteiger partial charge in [-0.1, -0.05) is 0 Å². The van der Waals surface area contributed by atoms with Gasteiger partial charge >= 0.3 is 0 Å². The Labute approximate surface area is 91.9 Å². The van der Waals surface area contributed by atoms with Gasteiger partial charge in [-0.2, -0.15) is 0 Å². The van der Waals surface area contributed by atoms with Gasteiger partial charge in [0.1, 0.15) is 5.60 Å². The van der Waals surface area contributed by atoms with Crippen molar-refractivity contribution in [3.05, 3.63) is 23.4 Å². The number of pyridine rings is 1. The normalized spacial score (nSPS) is 11.5. The Morgan fingerprint density at radius 1 is 1.33 bits per heavy atom. The van der Waals surface area contributed by atoms with Crippen LogP contribution in [0.2, 0.25) is 0 Å². The summed E-state index contributed by atoms with van der Waals surface area (Å²) in [6.45, 7) is 8.89. The average molecular weight is 208 g/mol. The molecule has 0 fully saturated rings. The van der Waals surface area contributed by atoms with Crippen molar-refractivity contribution in [1.29, 1.82) is 0 Å². The summed E-state index contributed by atoms with van der Waals surface area (Å²) in [4.78, 5) is 4.35. The monoisotopic (exact) mass is 208 g/mol. The quantitative estimate of drug-likeness (QED) is 0.827. The lowest BCUT2D eigenvalue weighted by molar-refractivity contribution is 0.124. The SMILES string of the molecule is CNCc1cc(C)nc(OC(C)(C)C)c1. The van der Waals surface area contributed by atoms with E-state index < -0.39 is 0 Å². The predicted molar refractivity (Wildman–Crippen MR) is 62.1 cm³/mol. The first-order chi connectivity index (χ1) is 6.90. The van der Waals surface area contributed by atoms with E-state index in [0.717, 1.165) is 12.2 Å². The van der Waals surface area contributed by atoms with E-state index in [0.29, 0.717) is 5.88 Å². The molecule has 0 aliphatic rings. The Bertz CT molecular complexity index is 329. The first kappa shape index (κ1) is 12.0. The summed E-state index contributed by atoms with van der Waals surface area (Å²) >= 11 is 0. The largest absolute Gasteiger partial charge is 0.472 e. The van der Waals surface area contributed by atoms with Crippen molar-refractivity contribution in [3.63, 3.8) is 0 Å². The Balaban J connectivity index is 2.88. The smallest absolute Gasteiger partial charge is 0.214 e. The third-order valence-corrected chi connectivity index (χ3v) is 1.78. The first-order valence-electron chi connectivity index (χ1n) is 5.22. The van der Waals surface area contributed by atoms with Gasteiger partial charge in [0.15, 0.2) is 0 Å². The maximum atomic E-state index is 5.73. The molecule has 0 aliphatic heterocycles. The summed E-state index contributed by atoms with van der Waals surface area (Å²) in [5.74, 6) is 0.702. The summed E-state index contributed by atoms with van der Waals surface area (Å²) in [7, 11) is 1.93. The highest BCUT2D eigenvalue weighted by atomic mass is 16.5. The highest BCUT2D eigenvalue weighted by Gasteiger charge is 2.13. The van der Waals surface area contributed by atoms with Crippen LogP contribution in [0.5, 0.6) is 5.88 Å². The van der Waals surface area contributed by atoms with Crippen molar-refractivity contribution in [2.75, 3.05) is 7.05 Å². The number of aryl methyl sites for hydroxylation is 1. The minimum atomic E-state index is -0.197. The number of aromatic nitrogens is 1. The summed E-state index contributed by atoms with van der Waals surface area (Å²) in [6, 6.07) is 4.04. The molecule has 0 unspecified atom stereocenters. The van der Waals surface area contributed by atoms with Crippen LogP contribution in [0.4, 0.5) is 0 Å². The Morgan fingerprint density at radius 3 is 2.53 bits per heavy atom. The molecule has 1 aromatic rings. The van der Waals surface area contributed by atoms with Crippen molar-refractivity contribution in [2.45, 2.75) is 39.8 Å². The fourth-order valence-electron chi connectivity index (χ4n) is 1.38. The van der Waals surface area contributed by atoms with Gasteiger partial charge in [0, 0.05) is 18.3 Å². The maximum absolute atomic E-state index is 5.73. The summed E-state index contributed by atoms with van der Waals surface area (Å²) < 4.78 is 5.73. The first-order valence-corrected chi connectivity index (χ1v) is 5.22. The highest BCUT2D eigenvalue weighted by Crippen LogP contribution is 2.17. The van der Waals surface area contributed by atoms with Gasteiger partial charge in [-0.25, -0.2) is 4.98 Å². The number of ether oxygens (including phenoxy) is 1. The van der Waals surface area contributed by atoms with E-state index in [4.69, 9.17) is 4.74 Å². The lowest BCUT2D eigenvalue weighted by Gasteiger charge is -2.21. The standard InChI is InChI=1S/C12H20N2O/c1-9-6-10(8-13-5)7-11(14-9)15-12(2,3)4/h6-7,13H,8H2,1-5H3. The lowest BCUT2D eigenvalue weighted by Crippen LogP contribution is -2.23. The fourth-order valence-corrected chi connectivity index (χ4v) is 1.38. The molecule has 0 radical (unpaired) electrons. The van der Waals surface area contributed by atoms with Crippen molar-refractivity contribution in [2.24, 2.45) is 0 Å². The van der Waals surface area contributed by atoms with Gasteiger partial charge in [-0.3, -0.25) is 0 Å². The fraction of sp³-hybridized carbons (Fsp3) is 0.583. The van der Waals surface area contributed by atoms with E-state index in [-0.39, 0.29) is 5.60 Å². The van der Waals surface area contributed by atoms with Gasteiger partial charge in [0.25, 0.3) is 0 Å². The molecule has 0 aromatic carbocycles. The molecule has 0 atom stereocenters. The zero-order valence-corrected chi connectivity index (χ0v) is 10.2. The molecule has 0 amide bonds. The van der Waals surface area contributed by atoms with E-state index in [1.54, 1.807) is 0 Å². The zero-order valence-electron chi connectivity index (χ0n) is 10.2. The molecule has 0 saturated carbocycles. The molecule has 0 spiro atoms. The van der Waals surface area contributed by atoms with Gasteiger partial charge in [0.05, 0.1) is 0 Å². The molecular formula is C12H20N2O. The molecule has 84 valence electrons. The minimum Gasteiger partial charge on any atom is -0.472 e. The molecule has 0 saturated heterocycles. The maximum Gasteiger partial charge on any atom is 0.214 e. The molecule has 0 bridgehead atoms. The molecule has 1 N–H and O–H groups in total. The number of nitrogens with one attached hydrogen (secondary N) is 1. The second-order valence-corrected chi connectivity index (χ2v) is 4.70. The van der Waals surface area contributed by atoms with Crippen molar-refractivity contribution < 1.29 is 4.74 Å². The predicted octanol–water partition coefficient (Wildman–Crippen LogP) is 2.29. The number of nitrogens with zero attached hydrogens (tertiary/aromatic N) is 1. The molecule has 0 aliphatic carbocycles. The van der Waals surface area contributed by atoms with Crippen LogP contribution in [0.15, 0.2) is 12.1 Å². The summed E-state index contributed by atoms with van der Waals surface area (Å²) in [5, 5.41) is 3.12. The summed E-state index contributed by atoms with van der Waals surface area (Å²) in [5.41, 5.74) is 1.99. The molecule has 15 heavy (non-hydrogen) atoms. The number of hydrogen-bond donors (Lipinski definition) is 1. The van der Waals surface area contributed by atoms with Gasteiger partial charge in [0.2, 0.25) is 5.88 Å². The van der Waals surface area contributed by atoms with Crippen molar-refractivity contribution in [1.82, 2.24) is 10.3 Å². The summed E-state index contributed by atoms with van der Waals surface area (Å²) in [6.07, 6.45) is 0. The van der Waals surface area contributed by atoms with Crippen LogP contribution < -0.4 is 10.1 Å². The second kappa shape index (κ2) is 4.62. The van der Waals surface area contributed by atoms with Crippen LogP contribution in [-0.4, -0.2) is 17.6 Å². The molecule has 3 nitrogen and oxygen atoms in total. The van der Waals surface area contributed by atoms with Crippen molar-refractivity contribution >= 4 is 0 Å². The van der Waals surface area contributed by atoms with E-state index >= 15 is 0 Å². The Hall–Kier alpha value is -1.09. The molecular weight excluding hydrogens is 188 g/mol. The van der Waals surface area contributed by atoms with Gasteiger partial charge < -0.3 is 10.1 Å². The van der Waals surface area contributed by atoms with E-state index in [9.17, 15) is 0 Å². The highest BCUT2D eigenvalue weighted by molar-refractivity contribution is 5.24. The van der Waals surface area contributed by atoms with Crippen LogP contribution in [-0.2, 0) is 6.54 Å². The molecule has 1 aromatic heterocycles. The van der Waals surface area contributed by atoms with E-state index in [2.05, 4.69) is 16.4 Å². The number of hydrogen-bond acceptors (Lipinski definition) is 3. The molecule has 1 rings (SSSR count). The Kier molecular flexibility index (Phi) is 3.69. The van der Waals surface area contributed by atoms with Crippen LogP contribution in [0.25, 0.3) is 0 Å². The second-order valence-electron chi connectivity index (χ2n) is 4.70. The van der Waals surface area contributed by atoms with Gasteiger partial charge in [-0.15, -0.1) is 0 Å². The van der Waals surface area contributed by atoms with Crippen LogP contribution >= 0.6 is 0 Å². The number of rotatable bonds is 3. The third-order valence-electron chi connectivity index (χ3n) is 1.78. The van der Waals surface area contributed by atoms with Crippen molar-refractivity contribution in [3.8, 4) is 5.88 Å². The van der Waals surface area contributed by atoms with Crippen LogP contribution in [0.1, 0.15) is 32.0 Å². The molecule has 1 heterocycles. The third kappa shape index (κ3) is 4.30. The Morgan fingerprint density at radius 2 is 2.00 bits per heavy atom. The minimum absolute atomic E-state index is 0.197. The van der Waals surface area contributed by atoms with Crippen LogP contribution in [0.3, 0.4) is 0 Å².